The number of nitrogens with two attached hydrogens (primary N) is 1. The number of aromatic nitrogens is 2. The highest BCUT2D eigenvalue weighted by atomic mass is 32.2. The molecule has 0 aliphatic heterocycles. The highest BCUT2D eigenvalue weighted by molar-refractivity contribution is 7.73. The highest BCUT2D eigenvalue weighted by Crippen LogP contribution is 2.25. The van der Waals surface area contributed by atoms with Crippen LogP contribution < -0.4 is 10.5 Å². The van der Waals surface area contributed by atoms with Gasteiger partial charge in [-0.15, -0.1) is 5.10 Å². The van der Waals surface area contributed by atoms with Crippen molar-refractivity contribution < 1.29 is 17.7 Å². The Hall–Kier alpha value is -2.42. The van der Waals surface area contributed by atoms with Gasteiger partial charge in [-0.3, -0.25) is 9.52 Å². The zero-order valence-corrected chi connectivity index (χ0v) is 9.76. The van der Waals surface area contributed by atoms with E-state index in [0.29, 0.717) is 5.56 Å². The lowest BCUT2D eigenvalue weighted by Gasteiger charge is -2.06. The van der Waals surface area contributed by atoms with Gasteiger partial charge in [-0.25, -0.2) is 8.42 Å². The first-order valence-corrected chi connectivity index (χ1v) is 5.88. The third-order valence-corrected chi connectivity index (χ3v) is 2.58. The van der Waals surface area contributed by atoms with Crippen LogP contribution in [0.3, 0.4) is 0 Å². The Morgan fingerprint density at radius 1 is 1.39 bits per heavy atom. The summed E-state index contributed by atoms with van der Waals surface area (Å²) in [5.41, 5.74) is 6.32. The average Bonchev–Trinajstić information content (AvgIpc) is 2.80. The van der Waals surface area contributed by atoms with Crippen molar-refractivity contribution >= 4 is 22.5 Å². The summed E-state index contributed by atoms with van der Waals surface area (Å²) in [6, 6.07) is 4.24. The van der Waals surface area contributed by atoms with Crippen molar-refractivity contribution in [2.45, 2.75) is 0 Å². The Morgan fingerprint density at radius 3 is 2.72 bits per heavy atom. The van der Waals surface area contributed by atoms with Crippen molar-refractivity contribution in [1.82, 2.24) is 10.4 Å². The van der Waals surface area contributed by atoms with E-state index >= 15 is 0 Å². The number of nitrogens with zero attached hydrogens (tertiary/aromatic N) is 2. The minimum atomic E-state index is -2.80. The first-order chi connectivity index (χ1) is 8.58. The zero-order valence-electron chi connectivity index (χ0n) is 8.86. The largest absolute Gasteiger partial charge is 0.366 e. The first-order valence-electron chi connectivity index (χ1n) is 4.70. The molecule has 0 aliphatic rings. The molecule has 0 saturated heterocycles. The maximum absolute atomic E-state index is 11.3. The van der Waals surface area contributed by atoms with Crippen LogP contribution in [-0.4, -0.2) is 24.7 Å². The van der Waals surface area contributed by atoms with Crippen LogP contribution in [-0.2, 0) is 10.9 Å². The third kappa shape index (κ3) is 2.46. The predicted octanol–water partition coefficient (Wildman–Crippen LogP) is -0.226. The molecule has 1 aromatic heterocycles. The number of primary amides is 1. The monoisotopic (exact) mass is 268 g/mol. The maximum atomic E-state index is 11.3. The van der Waals surface area contributed by atoms with E-state index in [1.807, 2.05) is 0 Å². The minimum Gasteiger partial charge on any atom is -0.366 e. The molecule has 0 fully saturated rings. The fourth-order valence-electron chi connectivity index (χ4n) is 1.43. The van der Waals surface area contributed by atoms with Crippen molar-refractivity contribution in [2.24, 2.45) is 5.73 Å². The van der Waals surface area contributed by atoms with E-state index in [2.05, 4.69) is 19.6 Å². The number of rotatable bonds is 4. The molecule has 94 valence electrons. The molecule has 3 N–H and O–H groups in total. The Labute approximate surface area is 103 Å². The quantitative estimate of drug-likeness (QED) is 0.657. The van der Waals surface area contributed by atoms with Gasteiger partial charge in [0.1, 0.15) is 5.69 Å². The van der Waals surface area contributed by atoms with E-state index in [0.717, 1.165) is 0 Å². The predicted molar refractivity (Wildman–Crippen MR) is 62.2 cm³/mol. The number of benzene rings is 1. The topological polar surface area (TPSA) is 128 Å². The Morgan fingerprint density at radius 2 is 2.17 bits per heavy atom. The normalized spacial score (nSPS) is 10.5. The van der Waals surface area contributed by atoms with E-state index in [1.165, 1.54) is 24.5 Å². The standard InChI is InChI=1S/C9H8N4O4S/c10-9(14)6-2-1-5(12-18(15)16)3-7(6)8-4-17-13-11-8/h1-4,18H,(H2,10,14)(H,12,15,16). The number of carbonyl (C=O) groups excluding carboxylic acids is 1. The van der Waals surface area contributed by atoms with Gasteiger partial charge in [0.25, 0.3) is 0 Å². The smallest absolute Gasteiger partial charge is 0.249 e. The van der Waals surface area contributed by atoms with Crippen molar-refractivity contribution in [1.29, 1.82) is 0 Å². The van der Waals surface area contributed by atoms with Gasteiger partial charge in [0.15, 0.2) is 6.26 Å². The lowest BCUT2D eigenvalue weighted by Crippen LogP contribution is -2.12. The van der Waals surface area contributed by atoms with Gasteiger partial charge >= 0.3 is 0 Å². The second-order valence-electron chi connectivity index (χ2n) is 3.28. The summed E-state index contributed by atoms with van der Waals surface area (Å²) < 4.78 is 27.9. The number of anilines is 1. The molecule has 1 aromatic carbocycles. The van der Waals surface area contributed by atoms with Gasteiger partial charge in [-0.1, -0.05) is 0 Å². The molecule has 0 unspecified atom stereocenters. The summed E-state index contributed by atoms with van der Waals surface area (Å²) in [6.07, 6.45) is 1.22. The first kappa shape index (κ1) is 12.0. The Balaban J connectivity index is 2.55. The molecule has 0 saturated carbocycles. The highest BCUT2D eigenvalue weighted by Gasteiger charge is 2.13. The van der Waals surface area contributed by atoms with Crippen LogP contribution in [0.15, 0.2) is 29.0 Å². The second-order valence-corrected chi connectivity index (χ2v) is 4.02. The van der Waals surface area contributed by atoms with Crippen LogP contribution in [0.2, 0.25) is 0 Å². The lowest BCUT2D eigenvalue weighted by atomic mass is 10.0. The summed E-state index contributed by atoms with van der Waals surface area (Å²) in [4.78, 5) is 11.3. The Kier molecular flexibility index (Phi) is 3.24. The summed E-state index contributed by atoms with van der Waals surface area (Å²) in [5, 5.41) is 6.92. The van der Waals surface area contributed by atoms with Gasteiger partial charge in [0.05, 0.1) is 0 Å². The van der Waals surface area contributed by atoms with Crippen LogP contribution in [0, 0.1) is 0 Å². The van der Waals surface area contributed by atoms with Crippen LogP contribution >= 0.6 is 0 Å². The number of hydrogen-bond acceptors (Lipinski definition) is 6. The molecule has 0 radical (unpaired) electrons. The summed E-state index contributed by atoms with van der Waals surface area (Å²) >= 11 is 0. The SMILES string of the molecule is NC(=O)c1ccc(N[SH](=O)=O)cc1-c1conn1. The van der Waals surface area contributed by atoms with Crippen molar-refractivity contribution in [3.8, 4) is 11.3 Å². The van der Waals surface area contributed by atoms with Gasteiger partial charge in [-0.05, 0) is 18.2 Å². The van der Waals surface area contributed by atoms with E-state index in [4.69, 9.17) is 5.73 Å². The van der Waals surface area contributed by atoms with Gasteiger partial charge < -0.3 is 10.3 Å². The van der Waals surface area contributed by atoms with Crippen LogP contribution in [0.25, 0.3) is 11.3 Å². The summed E-state index contributed by atoms with van der Waals surface area (Å²) in [5.74, 6) is -0.661. The molecule has 0 bridgehead atoms. The van der Waals surface area contributed by atoms with Gasteiger partial charge in [0, 0.05) is 22.1 Å². The molecule has 0 aliphatic carbocycles. The van der Waals surface area contributed by atoms with E-state index in [-0.39, 0.29) is 16.9 Å². The van der Waals surface area contributed by atoms with Crippen molar-refractivity contribution in [2.75, 3.05) is 4.72 Å². The number of nitrogens with one attached hydrogen (secondary N) is 1. The fraction of sp³-hybridized carbons (Fsp3) is 0. The molecular weight excluding hydrogens is 260 g/mol. The molecule has 0 atom stereocenters. The molecule has 18 heavy (non-hydrogen) atoms. The summed E-state index contributed by atoms with van der Waals surface area (Å²) in [6.45, 7) is 0. The second kappa shape index (κ2) is 4.84. The molecule has 2 aromatic rings. The van der Waals surface area contributed by atoms with E-state index < -0.39 is 16.8 Å². The van der Waals surface area contributed by atoms with E-state index in [1.54, 1.807) is 0 Å². The van der Waals surface area contributed by atoms with Crippen molar-refractivity contribution in [3.05, 3.63) is 30.0 Å². The molecule has 9 heteroatoms. The molecule has 1 amide bonds. The lowest BCUT2D eigenvalue weighted by molar-refractivity contribution is 0.100. The Bertz CT molecular complexity index is 643. The van der Waals surface area contributed by atoms with Crippen LogP contribution in [0.5, 0.6) is 0 Å². The number of hydrogen-bond donors (Lipinski definition) is 3. The number of carbonyl (C=O) groups is 1. The molecule has 0 spiro atoms. The number of amides is 1. The van der Waals surface area contributed by atoms with E-state index in [9.17, 15) is 13.2 Å². The van der Waals surface area contributed by atoms with Crippen LogP contribution in [0.4, 0.5) is 5.69 Å². The minimum absolute atomic E-state index is 0.192. The van der Waals surface area contributed by atoms with Crippen LogP contribution in [0.1, 0.15) is 10.4 Å². The zero-order chi connectivity index (χ0) is 13.1. The van der Waals surface area contributed by atoms with Crippen molar-refractivity contribution in [3.63, 3.8) is 0 Å². The third-order valence-electron chi connectivity index (χ3n) is 2.14. The molecule has 1 heterocycles. The maximum Gasteiger partial charge on any atom is 0.249 e. The average molecular weight is 268 g/mol. The summed E-state index contributed by atoms with van der Waals surface area (Å²) in [7, 11) is -2.80. The number of thiol groups is 1. The molecular formula is C9H8N4O4S. The van der Waals surface area contributed by atoms with Gasteiger partial charge in [-0.2, -0.15) is 0 Å². The molecule has 8 nitrogen and oxygen atoms in total. The van der Waals surface area contributed by atoms with Gasteiger partial charge in [0.2, 0.25) is 16.8 Å². The fourth-order valence-corrected chi connectivity index (χ4v) is 1.78. The molecule has 2 rings (SSSR count).